The third kappa shape index (κ3) is 3.80. The monoisotopic (exact) mass is 172 g/mol. The van der Waals surface area contributed by atoms with Gasteiger partial charge in [-0.25, -0.2) is 0 Å². The predicted octanol–water partition coefficient (Wildman–Crippen LogP) is 3.28. The summed E-state index contributed by atoms with van der Waals surface area (Å²) in [6.07, 6.45) is 8.39. The summed E-state index contributed by atoms with van der Waals surface area (Å²) in [4.78, 5) is 0. The van der Waals surface area contributed by atoms with E-state index in [0.29, 0.717) is 5.92 Å². The zero-order chi connectivity index (χ0) is 9.52. The average molecular weight is 172 g/mol. The average Bonchev–Trinajstić information content (AvgIpc) is 2.16. The van der Waals surface area contributed by atoms with E-state index in [9.17, 15) is 0 Å². The Morgan fingerprint density at radius 3 is 2.62 bits per heavy atom. The van der Waals surface area contributed by atoms with Crippen LogP contribution in [0.15, 0.2) is 30.3 Å². The van der Waals surface area contributed by atoms with Crippen LogP contribution in [0.5, 0.6) is 0 Å². The molecule has 0 aromatic heterocycles. The van der Waals surface area contributed by atoms with Crippen molar-refractivity contribution in [2.45, 2.75) is 26.2 Å². The maximum atomic E-state index is 5.22. The third-order valence-corrected chi connectivity index (χ3v) is 2.21. The van der Waals surface area contributed by atoms with E-state index in [1.807, 2.05) is 0 Å². The standard InChI is InChI=1S/C13H16/c1-3-4-8-12(2)11-13-9-6-5-7-10-13/h1,5-7,9-10,12H,4,8,11H2,2H3. The summed E-state index contributed by atoms with van der Waals surface area (Å²) in [6.45, 7) is 2.25. The van der Waals surface area contributed by atoms with Crippen LogP contribution >= 0.6 is 0 Å². The molecule has 13 heavy (non-hydrogen) atoms. The lowest BCUT2D eigenvalue weighted by molar-refractivity contribution is 0.540. The van der Waals surface area contributed by atoms with E-state index in [1.165, 1.54) is 5.56 Å². The molecule has 1 aromatic rings. The maximum absolute atomic E-state index is 5.22. The normalized spacial score (nSPS) is 12.0. The Hall–Kier alpha value is -1.22. The Balaban J connectivity index is 2.37. The van der Waals surface area contributed by atoms with Gasteiger partial charge >= 0.3 is 0 Å². The summed E-state index contributed by atoms with van der Waals surface area (Å²) >= 11 is 0. The largest absolute Gasteiger partial charge is 0.120 e. The van der Waals surface area contributed by atoms with Gasteiger partial charge in [0.1, 0.15) is 0 Å². The molecule has 0 bridgehead atoms. The third-order valence-electron chi connectivity index (χ3n) is 2.21. The number of terminal acetylenes is 1. The Labute approximate surface area is 81.0 Å². The maximum Gasteiger partial charge on any atom is 0.00887 e. The van der Waals surface area contributed by atoms with Gasteiger partial charge in [-0.3, -0.25) is 0 Å². The van der Waals surface area contributed by atoms with Crippen molar-refractivity contribution in [1.82, 2.24) is 0 Å². The van der Waals surface area contributed by atoms with Gasteiger partial charge in [0, 0.05) is 6.42 Å². The molecule has 68 valence electrons. The van der Waals surface area contributed by atoms with Crippen molar-refractivity contribution < 1.29 is 0 Å². The minimum Gasteiger partial charge on any atom is -0.120 e. The fourth-order valence-corrected chi connectivity index (χ4v) is 1.45. The zero-order valence-electron chi connectivity index (χ0n) is 8.16. The van der Waals surface area contributed by atoms with Gasteiger partial charge < -0.3 is 0 Å². The molecule has 0 nitrogen and oxygen atoms in total. The summed E-state index contributed by atoms with van der Waals surface area (Å²) in [6, 6.07) is 10.6. The van der Waals surface area contributed by atoms with E-state index in [1.54, 1.807) is 0 Å². The molecule has 0 saturated carbocycles. The lowest BCUT2D eigenvalue weighted by atomic mass is 9.97. The van der Waals surface area contributed by atoms with E-state index < -0.39 is 0 Å². The van der Waals surface area contributed by atoms with E-state index in [-0.39, 0.29) is 0 Å². The molecular weight excluding hydrogens is 156 g/mol. The summed E-state index contributed by atoms with van der Waals surface area (Å²) in [5.74, 6) is 3.38. The lowest BCUT2D eigenvalue weighted by Crippen LogP contribution is -1.98. The van der Waals surface area contributed by atoms with Crippen molar-refractivity contribution in [3.63, 3.8) is 0 Å². The van der Waals surface area contributed by atoms with Gasteiger partial charge in [-0.15, -0.1) is 12.3 Å². The van der Waals surface area contributed by atoms with Crippen molar-refractivity contribution in [2.75, 3.05) is 0 Å². The van der Waals surface area contributed by atoms with Crippen molar-refractivity contribution in [2.24, 2.45) is 5.92 Å². The van der Waals surface area contributed by atoms with Crippen LogP contribution in [0.4, 0.5) is 0 Å². The van der Waals surface area contributed by atoms with E-state index >= 15 is 0 Å². The molecule has 0 aliphatic rings. The number of hydrogen-bond acceptors (Lipinski definition) is 0. The van der Waals surface area contributed by atoms with Gasteiger partial charge in [0.15, 0.2) is 0 Å². The number of benzene rings is 1. The molecule has 0 amide bonds. The second-order valence-corrected chi connectivity index (χ2v) is 3.54. The van der Waals surface area contributed by atoms with Crippen molar-refractivity contribution in [3.05, 3.63) is 35.9 Å². The molecule has 0 heterocycles. The molecule has 0 fully saturated rings. The fraction of sp³-hybridized carbons (Fsp3) is 0.385. The highest BCUT2D eigenvalue weighted by molar-refractivity contribution is 5.15. The van der Waals surface area contributed by atoms with Gasteiger partial charge in [0.2, 0.25) is 0 Å². The highest BCUT2D eigenvalue weighted by Crippen LogP contribution is 2.12. The minimum absolute atomic E-state index is 0.693. The van der Waals surface area contributed by atoms with Crippen LogP contribution in [0.2, 0.25) is 0 Å². The molecule has 0 radical (unpaired) electrons. The molecule has 0 aliphatic heterocycles. The molecule has 1 atom stereocenters. The smallest absolute Gasteiger partial charge is 0.00887 e. The molecule has 0 N–H and O–H groups in total. The van der Waals surface area contributed by atoms with E-state index in [0.717, 1.165) is 19.3 Å². The lowest BCUT2D eigenvalue weighted by Gasteiger charge is -2.08. The van der Waals surface area contributed by atoms with Crippen LogP contribution in [0, 0.1) is 18.3 Å². The van der Waals surface area contributed by atoms with Crippen LogP contribution in [0.25, 0.3) is 0 Å². The van der Waals surface area contributed by atoms with Gasteiger partial charge in [-0.2, -0.15) is 0 Å². The topological polar surface area (TPSA) is 0 Å². The van der Waals surface area contributed by atoms with E-state index in [4.69, 9.17) is 6.42 Å². The minimum atomic E-state index is 0.693. The van der Waals surface area contributed by atoms with Crippen LogP contribution < -0.4 is 0 Å². The Morgan fingerprint density at radius 1 is 1.31 bits per heavy atom. The molecule has 1 aromatic carbocycles. The van der Waals surface area contributed by atoms with Crippen molar-refractivity contribution in [1.29, 1.82) is 0 Å². The van der Waals surface area contributed by atoms with E-state index in [2.05, 4.69) is 43.2 Å². The highest BCUT2D eigenvalue weighted by Gasteiger charge is 2.01. The van der Waals surface area contributed by atoms with Crippen molar-refractivity contribution >= 4 is 0 Å². The highest BCUT2D eigenvalue weighted by atomic mass is 14.1. The summed E-state index contributed by atoms with van der Waals surface area (Å²) in [5, 5.41) is 0. The zero-order valence-corrected chi connectivity index (χ0v) is 8.16. The second kappa shape index (κ2) is 5.43. The molecule has 1 unspecified atom stereocenters. The van der Waals surface area contributed by atoms with Gasteiger partial charge in [0.25, 0.3) is 0 Å². The number of hydrogen-bond donors (Lipinski definition) is 0. The first-order valence-corrected chi connectivity index (χ1v) is 4.80. The molecule has 0 heteroatoms. The molecular formula is C13H16. The fourth-order valence-electron chi connectivity index (χ4n) is 1.45. The molecule has 0 saturated heterocycles. The summed E-state index contributed by atoms with van der Waals surface area (Å²) in [7, 11) is 0. The van der Waals surface area contributed by atoms with Gasteiger partial charge in [-0.1, -0.05) is 37.3 Å². The van der Waals surface area contributed by atoms with Crippen LogP contribution in [-0.2, 0) is 6.42 Å². The quantitative estimate of drug-likeness (QED) is 0.611. The summed E-state index contributed by atoms with van der Waals surface area (Å²) in [5.41, 5.74) is 1.41. The Kier molecular flexibility index (Phi) is 4.12. The number of rotatable bonds is 4. The first-order chi connectivity index (χ1) is 6.33. The van der Waals surface area contributed by atoms with Crippen LogP contribution in [0.3, 0.4) is 0 Å². The van der Waals surface area contributed by atoms with Gasteiger partial charge in [-0.05, 0) is 24.3 Å². The predicted molar refractivity (Wildman–Crippen MR) is 57.4 cm³/mol. The van der Waals surface area contributed by atoms with Crippen LogP contribution in [-0.4, -0.2) is 0 Å². The molecule has 0 spiro atoms. The summed E-state index contributed by atoms with van der Waals surface area (Å²) < 4.78 is 0. The molecule has 0 aliphatic carbocycles. The Morgan fingerprint density at radius 2 is 2.00 bits per heavy atom. The first kappa shape index (κ1) is 9.86. The first-order valence-electron chi connectivity index (χ1n) is 4.80. The second-order valence-electron chi connectivity index (χ2n) is 3.54. The van der Waals surface area contributed by atoms with Gasteiger partial charge in [0.05, 0.1) is 0 Å². The SMILES string of the molecule is C#CCCC(C)Cc1ccccc1. The van der Waals surface area contributed by atoms with Crippen molar-refractivity contribution in [3.8, 4) is 12.3 Å². The Bertz CT molecular complexity index is 266. The molecule has 1 rings (SSSR count). The van der Waals surface area contributed by atoms with Crippen LogP contribution in [0.1, 0.15) is 25.3 Å².